The second kappa shape index (κ2) is 10.5. The molecule has 4 rings (SSSR count). The summed E-state index contributed by atoms with van der Waals surface area (Å²) < 4.78 is 24.3. The van der Waals surface area contributed by atoms with Gasteiger partial charge in [0.2, 0.25) is 0 Å². The molecule has 8 nitrogen and oxygen atoms in total. The molecule has 3 aromatic rings. The van der Waals surface area contributed by atoms with E-state index >= 15 is 0 Å². The summed E-state index contributed by atoms with van der Waals surface area (Å²) in [5, 5.41) is 1.48. The minimum absolute atomic E-state index is 0.0613. The number of ether oxygens (including phenoxy) is 4. The minimum Gasteiger partial charge on any atom is -0.456 e. The molecule has 2 aromatic carbocycles. The van der Waals surface area contributed by atoms with E-state index in [1.807, 2.05) is 53.2 Å². The smallest absolute Gasteiger partial charge is 0.303 e. The Bertz CT molecular complexity index is 1240. The molecule has 0 spiro atoms. The van der Waals surface area contributed by atoms with E-state index in [0.717, 1.165) is 22.0 Å². The summed E-state index contributed by atoms with van der Waals surface area (Å²) in [6, 6.07) is 15.5. The predicted octanol–water partition coefficient (Wildman–Crippen LogP) is 4.21. The van der Waals surface area contributed by atoms with Gasteiger partial charge in [-0.25, -0.2) is 0 Å². The average Bonchev–Trinajstić information content (AvgIpc) is 3.13. The molecule has 0 bridgehead atoms. The summed E-state index contributed by atoms with van der Waals surface area (Å²) in [7, 11) is 0. The summed E-state index contributed by atoms with van der Waals surface area (Å²) in [6.45, 7) is 3.68. The Morgan fingerprint density at radius 2 is 1.60 bits per heavy atom. The summed E-state index contributed by atoms with van der Waals surface area (Å²) >= 11 is 6.33. The number of carbonyl (C=O) groups is 3. The van der Waals surface area contributed by atoms with E-state index in [4.69, 9.17) is 30.5 Å². The molecule has 0 amide bonds. The highest BCUT2D eigenvalue weighted by atomic mass is 35.5. The van der Waals surface area contributed by atoms with Crippen LogP contribution in [0.1, 0.15) is 38.1 Å². The first-order chi connectivity index (χ1) is 16.7. The van der Waals surface area contributed by atoms with Crippen LogP contribution in [0.15, 0.2) is 54.7 Å². The van der Waals surface area contributed by atoms with Gasteiger partial charge in [0.25, 0.3) is 0 Å². The number of hydrogen-bond donors (Lipinski definition) is 0. The molecular formula is C26H26ClNO7. The Kier molecular flexibility index (Phi) is 7.42. The largest absolute Gasteiger partial charge is 0.456 e. The Morgan fingerprint density at radius 1 is 0.943 bits per heavy atom. The van der Waals surface area contributed by atoms with Crippen molar-refractivity contribution in [3.63, 3.8) is 0 Å². The van der Waals surface area contributed by atoms with Crippen molar-refractivity contribution in [3.05, 3.63) is 70.9 Å². The van der Waals surface area contributed by atoms with Gasteiger partial charge in [0.05, 0.1) is 12.1 Å². The molecule has 1 aliphatic rings. The van der Waals surface area contributed by atoms with Crippen LogP contribution in [0, 0.1) is 0 Å². The lowest BCUT2D eigenvalue weighted by molar-refractivity contribution is -0.239. The number of hydrogen-bond acceptors (Lipinski definition) is 7. The van der Waals surface area contributed by atoms with Crippen LogP contribution in [0.2, 0.25) is 5.02 Å². The molecule has 0 aliphatic carbocycles. The van der Waals surface area contributed by atoms with Crippen molar-refractivity contribution in [1.29, 1.82) is 0 Å². The van der Waals surface area contributed by atoms with Gasteiger partial charge in [-0.1, -0.05) is 48.0 Å². The lowest BCUT2D eigenvalue weighted by atomic mass is 10.0. The van der Waals surface area contributed by atoms with Crippen molar-refractivity contribution in [2.24, 2.45) is 0 Å². The quantitative estimate of drug-likeness (QED) is 0.370. The Morgan fingerprint density at radius 3 is 2.26 bits per heavy atom. The van der Waals surface area contributed by atoms with E-state index in [0.29, 0.717) is 11.4 Å². The summed E-state index contributed by atoms with van der Waals surface area (Å²) in [5.74, 6) is -1.77. The second-order valence-electron chi connectivity index (χ2n) is 8.41. The molecule has 0 N–H and O–H groups in total. The van der Waals surface area contributed by atoms with Gasteiger partial charge >= 0.3 is 17.9 Å². The number of rotatable bonds is 6. The van der Waals surface area contributed by atoms with Crippen molar-refractivity contribution in [3.8, 4) is 0 Å². The van der Waals surface area contributed by atoms with Crippen LogP contribution in [0.4, 0.5) is 0 Å². The SMILES string of the molecule is CC(=O)O[C@@H]1[C@@H](OC(C)=O)[C@H](OC(C)=O)CO[C@H]1n1cc(Cc2ccccc2)c2ccc(Cl)cc21. The Balaban J connectivity index is 1.80. The number of fused-ring (bicyclic) bond motifs is 1. The fourth-order valence-corrected chi connectivity index (χ4v) is 4.59. The standard InChI is InChI=1S/C26H26ClNO7/c1-15(29)33-23-14-32-26(25(35-17(3)31)24(23)34-16(2)30)28-13-19(11-18-7-5-4-6-8-18)21-10-9-20(27)12-22(21)28/h4-10,12-13,23-26H,11,14H2,1-3H3/t23-,24+,25-,26-/m1/s1. The molecule has 1 fully saturated rings. The first-order valence-electron chi connectivity index (χ1n) is 11.2. The molecule has 0 saturated carbocycles. The predicted molar refractivity (Wildman–Crippen MR) is 128 cm³/mol. The number of benzene rings is 2. The zero-order chi connectivity index (χ0) is 25.1. The van der Waals surface area contributed by atoms with Crippen LogP contribution < -0.4 is 0 Å². The van der Waals surface area contributed by atoms with E-state index in [1.165, 1.54) is 20.8 Å². The molecule has 1 aromatic heterocycles. The summed E-state index contributed by atoms with van der Waals surface area (Å²) in [5.41, 5.74) is 2.90. The topological polar surface area (TPSA) is 93.1 Å². The highest BCUT2D eigenvalue weighted by Crippen LogP contribution is 2.36. The molecule has 4 atom stereocenters. The molecule has 1 aliphatic heterocycles. The van der Waals surface area contributed by atoms with Crippen LogP contribution in [0.5, 0.6) is 0 Å². The molecule has 0 unspecified atom stereocenters. The highest BCUT2D eigenvalue weighted by molar-refractivity contribution is 6.31. The van der Waals surface area contributed by atoms with E-state index in [9.17, 15) is 14.4 Å². The average molecular weight is 500 g/mol. The third kappa shape index (κ3) is 5.66. The normalized spacial score (nSPS) is 21.9. The van der Waals surface area contributed by atoms with E-state index in [2.05, 4.69) is 0 Å². The first-order valence-corrected chi connectivity index (χ1v) is 11.6. The van der Waals surface area contributed by atoms with E-state index < -0.39 is 42.4 Å². The van der Waals surface area contributed by atoms with Crippen LogP contribution in [0.3, 0.4) is 0 Å². The first kappa shape index (κ1) is 24.8. The molecule has 2 heterocycles. The zero-order valence-electron chi connectivity index (χ0n) is 19.6. The highest BCUT2D eigenvalue weighted by Gasteiger charge is 2.48. The number of nitrogens with zero attached hydrogens (tertiary/aromatic N) is 1. The zero-order valence-corrected chi connectivity index (χ0v) is 20.4. The van der Waals surface area contributed by atoms with E-state index in [-0.39, 0.29) is 6.61 Å². The molecule has 9 heteroatoms. The summed E-state index contributed by atoms with van der Waals surface area (Å²) in [6.07, 6.45) is -1.36. The van der Waals surface area contributed by atoms with Crippen molar-refractivity contribution in [2.45, 2.75) is 51.7 Å². The molecule has 0 radical (unpaired) electrons. The maximum Gasteiger partial charge on any atom is 0.303 e. The number of halogens is 1. The van der Waals surface area contributed by atoms with Gasteiger partial charge in [0.15, 0.2) is 24.5 Å². The molecule has 184 valence electrons. The van der Waals surface area contributed by atoms with Gasteiger partial charge in [-0.05, 0) is 29.7 Å². The number of carbonyl (C=O) groups excluding carboxylic acids is 3. The maximum absolute atomic E-state index is 12.1. The molecule has 35 heavy (non-hydrogen) atoms. The second-order valence-corrected chi connectivity index (χ2v) is 8.84. The number of esters is 3. The van der Waals surface area contributed by atoms with Gasteiger partial charge in [-0.3, -0.25) is 14.4 Å². The van der Waals surface area contributed by atoms with Gasteiger partial charge in [0.1, 0.15) is 0 Å². The lowest BCUT2D eigenvalue weighted by Crippen LogP contribution is -2.55. The van der Waals surface area contributed by atoms with Gasteiger partial charge in [0, 0.05) is 37.4 Å². The third-order valence-electron chi connectivity index (χ3n) is 5.71. The molecule has 1 saturated heterocycles. The summed E-state index contributed by atoms with van der Waals surface area (Å²) in [4.78, 5) is 35.6. The maximum atomic E-state index is 12.1. The minimum atomic E-state index is -1.08. The van der Waals surface area contributed by atoms with Crippen LogP contribution >= 0.6 is 11.6 Å². The fraction of sp³-hybridized carbons (Fsp3) is 0.346. The monoisotopic (exact) mass is 499 g/mol. The van der Waals surface area contributed by atoms with Crippen molar-refractivity contribution in [2.75, 3.05) is 6.61 Å². The van der Waals surface area contributed by atoms with E-state index in [1.54, 1.807) is 6.07 Å². The Hall–Kier alpha value is -3.36. The fourth-order valence-electron chi connectivity index (χ4n) is 4.43. The van der Waals surface area contributed by atoms with Crippen molar-refractivity contribution in [1.82, 2.24) is 4.57 Å². The van der Waals surface area contributed by atoms with Gasteiger partial charge < -0.3 is 23.5 Å². The molecular weight excluding hydrogens is 474 g/mol. The Labute approximate surface area is 207 Å². The van der Waals surface area contributed by atoms with Crippen molar-refractivity contribution >= 4 is 40.4 Å². The van der Waals surface area contributed by atoms with Crippen LogP contribution in [0.25, 0.3) is 10.9 Å². The van der Waals surface area contributed by atoms with Gasteiger partial charge in [-0.2, -0.15) is 0 Å². The van der Waals surface area contributed by atoms with Gasteiger partial charge in [-0.15, -0.1) is 0 Å². The van der Waals surface area contributed by atoms with Crippen LogP contribution in [-0.4, -0.2) is 47.4 Å². The van der Waals surface area contributed by atoms with Crippen molar-refractivity contribution < 1.29 is 33.3 Å². The number of aromatic nitrogens is 1. The van der Waals surface area contributed by atoms with Crippen LogP contribution in [-0.2, 0) is 39.8 Å². The lowest BCUT2D eigenvalue weighted by Gasteiger charge is -2.41. The third-order valence-corrected chi connectivity index (χ3v) is 5.95.